The lowest BCUT2D eigenvalue weighted by Crippen LogP contribution is -2.49. The minimum Gasteiger partial charge on any atom is -0.506 e. The van der Waals surface area contributed by atoms with Crippen LogP contribution in [0.5, 0.6) is 5.75 Å². The number of carbonyl (C=O) groups is 1. The van der Waals surface area contributed by atoms with Crippen LogP contribution in [-0.4, -0.2) is 36.3 Å². The van der Waals surface area contributed by atoms with Gasteiger partial charge in [-0.25, -0.2) is 8.42 Å². The first-order valence-electron chi connectivity index (χ1n) is 8.67. The minimum atomic E-state index is -3.79. The normalized spacial score (nSPS) is 18.2. The van der Waals surface area contributed by atoms with E-state index < -0.39 is 22.0 Å². The van der Waals surface area contributed by atoms with Crippen molar-refractivity contribution >= 4 is 37.5 Å². The molecule has 1 saturated heterocycles. The van der Waals surface area contributed by atoms with Crippen LogP contribution in [-0.2, 0) is 14.8 Å². The maximum absolute atomic E-state index is 13.1. The van der Waals surface area contributed by atoms with Crippen molar-refractivity contribution in [3.63, 3.8) is 0 Å². The van der Waals surface area contributed by atoms with Gasteiger partial charge in [-0.2, -0.15) is 4.31 Å². The van der Waals surface area contributed by atoms with Crippen LogP contribution in [0.25, 0.3) is 0 Å². The SMILES string of the molecule is Cc1ccc(NC(=O)C2CCCCN2S(=O)(=O)c2ccc(Br)cc2)c(O)c1. The summed E-state index contributed by atoms with van der Waals surface area (Å²) >= 11 is 3.30. The van der Waals surface area contributed by atoms with Gasteiger partial charge in [0.25, 0.3) is 0 Å². The number of amides is 1. The predicted octanol–water partition coefficient (Wildman–Crippen LogP) is 3.65. The molecule has 144 valence electrons. The number of halogens is 1. The zero-order valence-electron chi connectivity index (χ0n) is 14.9. The molecule has 0 bridgehead atoms. The lowest BCUT2D eigenvalue weighted by Gasteiger charge is -2.33. The van der Waals surface area contributed by atoms with Crippen LogP contribution in [0, 0.1) is 6.92 Å². The molecule has 1 aliphatic rings. The number of hydrogen-bond donors (Lipinski definition) is 2. The molecule has 0 aromatic heterocycles. The highest BCUT2D eigenvalue weighted by molar-refractivity contribution is 9.10. The number of rotatable bonds is 4. The highest BCUT2D eigenvalue weighted by atomic mass is 79.9. The van der Waals surface area contributed by atoms with E-state index in [9.17, 15) is 18.3 Å². The lowest BCUT2D eigenvalue weighted by atomic mass is 10.0. The number of hydrogen-bond acceptors (Lipinski definition) is 4. The molecule has 2 aromatic carbocycles. The number of phenols is 1. The predicted molar refractivity (Wildman–Crippen MR) is 107 cm³/mol. The van der Waals surface area contributed by atoms with Gasteiger partial charge in [0.15, 0.2) is 0 Å². The summed E-state index contributed by atoms with van der Waals surface area (Å²) in [5.74, 6) is -0.476. The molecule has 1 atom stereocenters. The van der Waals surface area contributed by atoms with Gasteiger partial charge >= 0.3 is 0 Å². The van der Waals surface area contributed by atoms with Gasteiger partial charge in [0, 0.05) is 11.0 Å². The zero-order chi connectivity index (χ0) is 19.6. The Balaban J connectivity index is 1.86. The molecule has 1 amide bonds. The van der Waals surface area contributed by atoms with E-state index in [1.54, 1.807) is 30.3 Å². The summed E-state index contributed by atoms with van der Waals surface area (Å²) in [4.78, 5) is 13.0. The van der Waals surface area contributed by atoms with Gasteiger partial charge in [-0.05, 0) is 61.7 Å². The Morgan fingerprint density at radius 3 is 2.56 bits per heavy atom. The third-order valence-corrected chi connectivity index (χ3v) is 7.04. The van der Waals surface area contributed by atoms with Gasteiger partial charge in [0.1, 0.15) is 11.8 Å². The van der Waals surface area contributed by atoms with Crippen molar-refractivity contribution in [2.45, 2.75) is 37.1 Å². The quantitative estimate of drug-likeness (QED) is 0.693. The van der Waals surface area contributed by atoms with Crippen molar-refractivity contribution in [3.8, 4) is 5.75 Å². The van der Waals surface area contributed by atoms with Crippen LogP contribution >= 0.6 is 15.9 Å². The molecule has 0 spiro atoms. The van der Waals surface area contributed by atoms with Gasteiger partial charge in [-0.3, -0.25) is 4.79 Å². The van der Waals surface area contributed by atoms with Crippen LogP contribution in [0.3, 0.4) is 0 Å². The van der Waals surface area contributed by atoms with Crippen LogP contribution < -0.4 is 5.32 Å². The van der Waals surface area contributed by atoms with E-state index >= 15 is 0 Å². The second-order valence-electron chi connectivity index (χ2n) is 6.59. The van der Waals surface area contributed by atoms with Crippen molar-refractivity contribution in [1.29, 1.82) is 0 Å². The first-order chi connectivity index (χ1) is 12.8. The largest absolute Gasteiger partial charge is 0.506 e. The van der Waals surface area contributed by atoms with Crippen molar-refractivity contribution < 1.29 is 18.3 Å². The van der Waals surface area contributed by atoms with E-state index in [1.165, 1.54) is 16.4 Å². The maximum atomic E-state index is 13.1. The van der Waals surface area contributed by atoms with Crippen LogP contribution in [0.2, 0.25) is 0 Å². The average molecular weight is 453 g/mol. The Morgan fingerprint density at radius 1 is 1.19 bits per heavy atom. The summed E-state index contributed by atoms with van der Waals surface area (Å²) in [5, 5.41) is 12.7. The minimum absolute atomic E-state index is 0.0403. The van der Waals surface area contributed by atoms with Crippen molar-refractivity contribution in [2.75, 3.05) is 11.9 Å². The zero-order valence-corrected chi connectivity index (χ0v) is 17.3. The molecular formula is C19H21BrN2O4S. The van der Waals surface area contributed by atoms with Crippen molar-refractivity contribution in [1.82, 2.24) is 4.31 Å². The number of piperidine rings is 1. The highest BCUT2D eigenvalue weighted by Crippen LogP contribution is 2.29. The number of aryl methyl sites for hydroxylation is 1. The fourth-order valence-corrected chi connectivity index (χ4v) is 5.08. The van der Waals surface area contributed by atoms with Crippen LogP contribution in [0.1, 0.15) is 24.8 Å². The number of nitrogens with one attached hydrogen (secondary N) is 1. The Labute approximate surface area is 167 Å². The standard InChI is InChI=1S/C19H21BrN2O4S/c1-13-5-10-16(18(23)12-13)21-19(24)17-4-2-3-11-22(17)27(25,26)15-8-6-14(20)7-9-15/h5-10,12,17,23H,2-4,11H2,1H3,(H,21,24). The summed E-state index contributed by atoms with van der Waals surface area (Å²) in [5.41, 5.74) is 1.14. The monoisotopic (exact) mass is 452 g/mol. The van der Waals surface area contributed by atoms with Gasteiger partial charge in [-0.1, -0.05) is 28.4 Å². The van der Waals surface area contributed by atoms with Crippen LogP contribution in [0.15, 0.2) is 51.8 Å². The first-order valence-corrected chi connectivity index (χ1v) is 10.9. The second-order valence-corrected chi connectivity index (χ2v) is 9.40. The molecule has 1 heterocycles. The molecule has 6 nitrogen and oxygen atoms in total. The Hall–Kier alpha value is -1.90. The number of phenolic OH excluding ortho intramolecular Hbond substituents is 1. The number of anilines is 1. The summed E-state index contributed by atoms with van der Waals surface area (Å²) < 4.78 is 28.2. The Bertz CT molecular complexity index is 945. The third-order valence-electron chi connectivity index (χ3n) is 4.59. The molecule has 2 N–H and O–H groups in total. The molecule has 1 fully saturated rings. The van der Waals surface area contributed by atoms with Gasteiger partial charge in [0.2, 0.25) is 15.9 Å². The van der Waals surface area contributed by atoms with E-state index in [1.807, 2.05) is 6.92 Å². The van der Waals surface area contributed by atoms with E-state index in [0.717, 1.165) is 16.5 Å². The smallest absolute Gasteiger partial charge is 0.243 e. The molecule has 2 aromatic rings. The molecule has 8 heteroatoms. The molecule has 27 heavy (non-hydrogen) atoms. The summed E-state index contributed by atoms with van der Waals surface area (Å²) in [6.07, 6.45) is 1.91. The van der Waals surface area contributed by atoms with E-state index in [0.29, 0.717) is 12.8 Å². The summed E-state index contributed by atoms with van der Waals surface area (Å²) in [7, 11) is -3.79. The number of carbonyl (C=O) groups excluding carboxylic acids is 1. The fourth-order valence-electron chi connectivity index (χ4n) is 3.16. The fraction of sp³-hybridized carbons (Fsp3) is 0.316. The van der Waals surface area contributed by atoms with Crippen molar-refractivity contribution in [3.05, 3.63) is 52.5 Å². The first kappa shape index (κ1) is 19.9. The molecule has 1 unspecified atom stereocenters. The number of nitrogens with zero attached hydrogens (tertiary/aromatic N) is 1. The lowest BCUT2D eigenvalue weighted by molar-refractivity contribution is -0.120. The number of aromatic hydroxyl groups is 1. The number of sulfonamides is 1. The third kappa shape index (κ3) is 4.34. The maximum Gasteiger partial charge on any atom is 0.243 e. The molecule has 1 aliphatic heterocycles. The van der Waals surface area contributed by atoms with Gasteiger partial charge < -0.3 is 10.4 Å². The molecule has 3 rings (SSSR count). The summed E-state index contributed by atoms with van der Waals surface area (Å²) in [6.45, 7) is 2.12. The van der Waals surface area contributed by atoms with E-state index in [4.69, 9.17) is 0 Å². The Kier molecular flexibility index (Phi) is 5.88. The Morgan fingerprint density at radius 2 is 1.89 bits per heavy atom. The molecule has 0 saturated carbocycles. The van der Waals surface area contributed by atoms with E-state index in [2.05, 4.69) is 21.2 Å². The van der Waals surface area contributed by atoms with E-state index in [-0.39, 0.29) is 22.9 Å². The van der Waals surface area contributed by atoms with Gasteiger partial charge in [-0.15, -0.1) is 0 Å². The van der Waals surface area contributed by atoms with Crippen molar-refractivity contribution in [2.24, 2.45) is 0 Å². The number of benzene rings is 2. The van der Waals surface area contributed by atoms with Crippen LogP contribution in [0.4, 0.5) is 5.69 Å². The highest BCUT2D eigenvalue weighted by Gasteiger charge is 2.37. The molecule has 0 radical (unpaired) electrons. The van der Waals surface area contributed by atoms with Gasteiger partial charge in [0.05, 0.1) is 10.6 Å². The molecular weight excluding hydrogens is 432 g/mol. The topological polar surface area (TPSA) is 86.7 Å². The second kappa shape index (κ2) is 8.00. The molecule has 0 aliphatic carbocycles. The summed E-state index contributed by atoms with van der Waals surface area (Å²) in [6, 6.07) is 10.5. The average Bonchev–Trinajstić information content (AvgIpc) is 2.64.